The number of rotatable bonds is 6. The topological polar surface area (TPSA) is 60.9 Å². The van der Waals surface area contributed by atoms with Crippen LogP contribution in [0.5, 0.6) is 0 Å². The van der Waals surface area contributed by atoms with Gasteiger partial charge in [-0.2, -0.15) is 0 Å². The van der Waals surface area contributed by atoms with E-state index in [1.54, 1.807) is 11.0 Å². The first-order valence-corrected chi connectivity index (χ1v) is 12.4. The van der Waals surface area contributed by atoms with E-state index < -0.39 is 28.2 Å². The highest BCUT2D eigenvalue weighted by molar-refractivity contribution is 7.92. The smallest absolute Gasteiger partial charge is 0.264 e. The standard InChI is InChI=1S/C24H22ClF2N3O3S/c25-18-2-1-3-22(16-18)28-12-14-29(15-13-28)24(31)17-30(21-8-4-19(26)5-9-21)34(32,33)23-10-6-20(27)7-11-23/h1-11,16H,12-15,17H2. The van der Waals surface area contributed by atoms with Gasteiger partial charge in [0.2, 0.25) is 5.91 Å². The number of carbonyl (C=O) groups excluding carboxylic acids is 1. The van der Waals surface area contributed by atoms with E-state index in [0.29, 0.717) is 31.2 Å². The zero-order valence-electron chi connectivity index (χ0n) is 18.1. The molecule has 3 aromatic carbocycles. The fourth-order valence-corrected chi connectivity index (χ4v) is 5.36. The lowest BCUT2D eigenvalue weighted by molar-refractivity contribution is -0.129. The third kappa shape index (κ3) is 5.31. The highest BCUT2D eigenvalue weighted by Crippen LogP contribution is 2.25. The molecule has 0 N–H and O–H groups in total. The molecular weight excluding hydrogens is 484 g/mol. The summed E-state index contributed by atoms with van der Waals surface area (Å²) >= 11 is 6.07. The van der Waals surface area contributed by atoms with Crippen molar-refractivity contribution in [3.05, 3.63) is 89.5 Å². The Labute approximate surface area is 202 Å². The van der Waals surface area contributed by atoms with Crippen molar-refractivity contribution in [3.8, 4) is 0 Å². The van der Waals surface area contributed by atoms with Gasteiger partial charge >= 0.3 is 0 Å². The van der Waals surface area contributed by atoms with Crippen molar-refractivity contribution in [2.45, 2.75) is 4.90 Å². The second-order valence-corrected chi connectivity index (χ2v) is 10.1. The van der Waals surface area contributed by atoms with Crippen LogP contribution in [0.25, 0.3) is 0 Å². The molecule has 34 heavy (non-hydrogen) atoms. The van der Waals surface area contributed by atoms with Crippen LogP contribution >= 0.6 is 11.6 Å². The van der Waals surface area contributed by atoms with E-state index >= 15 is 0 Å². The van der Waals surface area contributed by atoms with Gasteiger partial charge in [-0.15, -0.1) is 0 Å². The van der Waals surface area contributed by atoms with E-state index in [9.17, 15) is 22.0 Å². The Bertz CT molecular complexity index is 1260. The van der Waals surface area contributed by atoms with E-state index in [1.807, 2.05) is 18.2 Å². The molecule has 0 aliphatic carbocycles. The van der Waals surface area contributed by atoms with Gasteiger partial charge in [-0.05, 0) is 66.7 Å². The molecule has 1 amide bonds. The van der Waals surface area contributed by atoms with Crippen LogP contribution in [-0.2, 0) is 14.8 Å². The highest BCUT2D eigenvalue weighted by atomic mass is 35.5. The summed E-state index contributed by atoms with van der Waals surface area (Å²) in [5, 5.41) is 0.622. The molecular formula is C24H22ClF2N3O3S. The molecule has 1 heterocycles. The van der Waals surface area contributed by atoms with E-state index in [-0.39, 0.29) is 16.5 Å². The first kappa shape index (κ1) is 24.0. The van der Waals surface area contributed by atoms with E-state index in [2.05, 4.69) is 4.90 Å². The summed E-state index contributed by atoms with van der Waals surface area (Å²) in [6.45, 7) is 1.46. The van der Waals surface area contributed by atoms with Crippen LogP contribution in [-0.4, -0.2) is 51.9 Å². The van der Waals surface area contributed by atoms with Crippen LogP contribution in [0.3, 0.4) is 0 Å². The minimum atomic E-state index is -4.20. The summed E-state index contributed by atoms with van der Waals surface area (Å²) in [5.74, 6) is -1.51. The largest absolute Gasteiger partial charge is 0.368 e. The maximum atomic E-state index is 13.5. The van der Waals surface area contributed by atoms with Gasteiger partial charge in [0.05, 0.1) is 10.6 Å². The molecule has 3 aromatic rings. The number of amides is 1. The fourth-order valence-electron chi connectivity index (χ4n) is 3.77. The van der Waals surface area contributed by atoms with Gasteiger partial charge in [-0.25, -0.2) is 17.2 Å². The molecule has 0 bridgehead atoms. The zero-order chi connectivity index (χ0) is 24.3. The number of sulfonamides is 1. The fraction of sp³-hybridized carbons (Fsp3) is 0.208. The second kappa shape index (κ2) is 9.99. The molecule has 1 saturated heterocycles. The molecule has 0 spiro atoms. The molecule has 6 nitrogen and oxygen atoms in total. The summed E-state index contributed by atoms with van der Waals surface area (Å²) in [5.41, 5.74) is 1.09. The molecule has 10 heteroatoms. The maximum Gasteiger partial charge on any atom is 0.264 e. The lowest BCUT2D eigenvalue weighted by atomic mass is 10.2. The number of piperazine rings is 1. The van der Waals surface area contributed by atoms with E-state index in [4.69, 9.17) is 11.6 Å². The lowest BCUT2D eigenvalue weighted by Gasteiger charge is -2.37. The average Bonchev–Trinajstić information content (AvgIpc) is 2.83. The molecule has 0 unspecified atom stereocenters. The Morgan fingerprint density at radius 3 is 2.06 bits per heavy atom. The van der Waals surface area contributed by atoms with Crippen molar-refractivity contribution >= 4 is 38.9 Å². The van der Waals surface area contributed by atoms with Crippen LogP contribution in [0.15, 0.2) is 77.7 Å². The Balaban J connectivity index is 1.53. The maximum absolute atomic E-state index is 13.5. The Morgan fingerprint density at radius 1 is 0.882 bits per heavy atom. The first-order valence-electron chi connectivity index (χ1n) is 10.6. The van der Waals surface area contributed by atoms with Crippen molar-refractivity contribution in [3.63, 3.8) is 0 Å². The molecule has 0 atom stereocenters. The molecule has 0 radical (unpaired) electrons. The lowest BCUT2D eigenvalue weighted by Crippen LogP contribution is -2.52. The van der Waals surface area contributed by atoms with E-state index in [1.165, 1.54) is 12.1 Å². The van der Waals surface area contributed by atoms with Crippen molar-refractivity contribution in [2.75, 3.05) is 41.9 Å². The highest BCUT2D eigenvalue weighted by Gasteiger charge is 2.30. The van der Waals surface area contributed by atoms with Gasteiger partial charge < -0.3 is 9.80 Å². The quantitative estimate of drug-likeness (QED) is 0.504. The first-order chi connectivity index (χ1) is 16.2. The number of benzene rings is 3. The number of hydrogen-bond donors (Lipinski definition) is 0. The Morgan fingerprint density at radius 2 is 1.47 bits per heavy atom. The summed E-state index contributed by atoms with van der Waals surface area (Å²) in [4.78, 5) is 16.6. The molecule has 0 aromatic heterocycles. The van der Waals surface area contributed by atoms with Gasteiger partial charge in [-0.3, -0.25) is 9.10 Å². The van der Waals surface area contributed by atoms with Crippen molar-refractivity contribution in [1.82, 2.24) is 4.90 Å². The van der Waals surface area contributed by atoms with Gasteiger partial charge in [0.1, 0.15) is 18.2 Å². The normalized spacial score (nSPS) is 14.2. The van der Waals surface area contributed by atoms with Crippen LogP contribution in [0.4, 0.5) is 20.2 Å². The number of nitrogens with zero attached hydrogens (tertiary/aromatic N) is 3. The monoisotopic (exact) mass is 505 g/mol. The predicted molar refractivity (Wildman–Crippen MR) is 128 cm³/mol. The van der Waals surface area contributed by atoms with Crippen LogP contribution in [0.1, 0.15) is 0 Å². The summed E-state index contributed by atoms with van der Waals surface area (Å²) in [7, 11) is -4.20. The minimum absolute atomic E-state index is 0.136. The van der Waals surface area contributed by atoms with Crippen molar-refractivity contribution < 1.29 is 22.0 Å². The second-order valence-electron chi connectivity index (χ2n) is 7.79. The number of hydrogen-bond acceptors (Lipinski definition) is 4. The van der Waals surface area contributed by atoms with Crippen molar-refractivity contribution in [2.24, 2.45) is 0 Å². The van der Waals surface area contributed by atoms with Gasteiger partial charge in [0.25, 0.3) is 10.0 Å². The van der Waals surface area contributed by atoms with Crippen LogP contribution in [0, 0.1) is 11.6 Å². The number of carbonyl (C=O) groups is 1. The Hall–Kier alpha value is -3.17. The predicted octanol–water partition coefficient (Wildman–Crippen LogP) is 4.16. The molecule has 1 aliphatic heterocycles. The molecule has 0 saturated carbocycles. The molecule has 4 rings (SSSR count). The number of anilines is 2. The minimum Gasteiger partial charge on any atom is -0.368 e. The summed E-state index contributed by atoms with van der Waals surface area (Å²) < 4.78 is 54.4. The number of halogens is 3. The molecule has 178 valence electrons. The van der Waals surface area contributed by atoms with Gasteiger partial charge in [0.15, 0.2) is 0 Å². The summed E-state index contributed by atoms with van der Waals surface area (Å²) in [6.07, 6.45) is 0. The zero-order valence-corrected chi connectivity index (χ0v) is 19.6. The SMILES string of the molecule is O=C(CN(c1ccc(F)cc1)S(=O)(=O)c1ccc(F)cc1)N1CCN(c2cccc(Cl)c2)CC1. The summed E-state index contributed by atoms with van der Waals surface area (Å²) in [6, 6.07) is 16.6. The third-order valence-corrected chi connectivity index (χ3v) is 7.62. The molecule has 1 fully saturated rings. The van der Waals surface area contributed by atoms with Gasteiger partial charge in [0, 0.05) is 36.9 Å². The average molecular weight is 506 g/mol. The molecule has 1 aliphatic rings. The van der Waals surface area contributed by atoms with E-state index in [0.717, 1.165) is 46.4 Å². The Kier molecular flexibility index (Phi) is 7.04. The van der Waals surface area contributed by atoms with Crippen molar-refractivity contribution in [1.29, 1.82) is 0 Å². The van der Waals surface area contributed by atoms with Gasteiger partial charge in [-0.1, -0.05) is 17.7 Å². The van der Waals surface area contributed by atoms with Crippen LogP contribution in [0.2, 0.25) is 5.02 Å². The van der Waals surface area contributed by atoms with Crippen LogP contribution < -0.4 is 9.21 Å². The third-order valence-electron chi connectivity index (χ3n) is 5.60.